The van der Waals surface area contributed by atoms with Gasteiger partial charge in [-0.3, -0.25) is 14.5 Å². The standard InChI is InChI=1S/C22H28BrN3O2/c1-5-26(15(2)3)14-17-6-8-18(9-7-17)22(28)24-13-21(27)25-20-11-10-19(23)12-16(20)4/h6-12,15H,5,13-14H2,1-4H3,(H,24,28)(H,25,27). The zero-order valence-electron chi connectivity index (χ0n) is 16.9. The average Bonchev–Trinajstić information content (AvgIpc) is 2.66. The van der Waals surface area contributed by atoms with E-state index in [0.717, 1.165) is 34.4 Å². The molecule has 150 valence electrons. The number of hydrogen-bond donors (Lipinski definition) is 2. The van der Waals surface area contributed by atoms with Crippen LogP contribution in [0.4, 0.5) is 5.69 Å². The van der Waals surface area contributed by atoms with Gasteiger partial charge in [-0.25, -0.2) is 0 Å². The Morgan fingerprint density at radius 3 is 2.36 bits per heavy atom. The molecule has 0 aromatic heterocycles. The maximum atomic E-state index is 12.3. The fraction of sp³-hybridized carbons (Fsp3) is 0.364. The monoisotopic (exact) mass is 445 g/mol. The number of carbonyl (C=O) groups is 2. The minimum atomic E-state index is -0.259. The second kappa shape index (κ2) is 10.4. The van der Waals surface area contributed by atoms with Crippen molar-refractivity contribution in [3.05, 3.63) is 63.6 Å². The van der Waals surface area contributed by atoms with Crippen LogP contribution in [-0.2, 0) is 11.3 Å². The van der Waals surface area contributed by atoms with Gasteiger partial charge in [0.25, 0.3) is 5.91 Å². The summed E-state index contributed by atoms with van der Waals surface area (Å²) in [5.74, 6) is -0.517. The van der Waals surface area contributed by atoms with Crippen molar-refractivity contribution in [2.24, 2.45) is 0 Å². The summed E-state index contributed by atoms with van der Waals surface area (Å²) in [7, 11) is 0. The van der Waals surface area contributed by atoms with Gasteiger partial charge in [-0.15, -0.1) is 0 Å². The van der Waals surface area contributed by atoms with Crippen molar-refractivity contribution in [3.8, 4) is 0 Å². The Hall–Kier alpha value is -2.18. The van der Waals surface area contributed by atoms with Crippen molar-refractivity contribution in [2.75, 3.05) is 18.4 Å². The van der Waals surface area contributed by atoms with Crippen molar-refractivity contribution in [1.29, 1.82) is 0 Å². The Kier molecular flexibility index (Phi) is 8.20. The van der Waals surface area contributed by atoms with E-state index in [1.165, 1.54) is 0 Å². The first-order chi connectivity index (χ1) is 13.3. The van der Waals surface area contributed by atoms with Gasteiger partial charge in [-0.05, 0) is 68.8 Å². The van der Waals surface area contributed by atoms with Gasteiger partial charge in [0.15, 0.2) is 0 Å². The van der Waals surface area contributed by atoms with Crippen LogP contribution in [0.1, 0.15) is 42.3 Å². The summed E-state index contributed by atoms with van der Waals surface area (Å²) in [5, 5.41) is 5.48. The number of nitrogens with one attached hydrogen (secondary N) is 2. The molecule has 2 aromatic rings. The van der Waals surface area contributed by atoms with Crippen LogP contribution in [0, 0.1) is 6.92 Å². The zero-order valence-corrected chi connectivity index (χ0v) is 18.5. The minimum absolute atomic E-state index is 0.0763. The molecule has 2 amide bonds. The molecule has 0 spiro atoms. The zero-order chi connectivity index (χ0) is 20.7. The largest absolute Gasteiger partial charge is 0.343 e. The van der Waals surface area contributed by atoms with Crippen LogP contribution in [0.2, 0.25) is 0 Å². The Balaban J connectivity index is 1.87. The topological polar surface area (TPSA) is 61.4 Å². The van der Waals surface area contributed by atoms with Crippen LogP contribution in [0.25, 0.3) is 0 Å². The first kappa shape index (κ1) is 22.1. The van der Waals surface area contributed by atoms with Gasteiger partial charge in [0.2, 0.25) is 5.91 Å². The van der Waals surface area contributed by atoms with Crippen LogP contribution in [0.3, 0.4) is 0 Å². The highest BCUT2D eigenvalue weighted by Crippen LogP contribution is 2.19. The lowest BCUT2D eigenvalue weighted by atomic mass is 10.1. The molecule has 28 heavy (non-hydrogen) atoms. The van der Waals surface area contributed by atoms with E-state index in [4.69, 9.17) is 0 Å². The molecule has 0 bridgehead atoms. The van der Waals surface area contributed by atoms with Crippen molar-refractivity contribution >= 4 is 33.4 Å². The Bertz CT molecular complexity index is 819. The normalized spacial score (nSPS) is 11.0. The number of hydrogen-bond acceptors (Lipinski definition) is 3. The fourth-order valence-electron chi connectivity index (χ4n) is 2.88. The summed E-state index contributed by atoms with van der Waals surface area (Å²) in [6.45, 7) is 10.2. The summed E-state index contributed by atoms with van der Waals surface area (Å²) in [5.41, 5.74) is 3.39. The van der Waals surface area contributed by atoms with Gasteiger partial charge >= 0.3 is 0 Å². The summed E-state index contributed by atoms with van der Waals surface area (Å²) < 4.78 is 0.954. The summed E-state index contributed by atoms with van der Waals surface area (Å²) in [4.78, 5) is 26.8. The lowest BCUT2D eigenvalue weighted by Gasteiger charge is -2.24. The van der Waals surface area contributed by atoms with Crippen LogP contribution in [-0.4, -0.2) is 35.8 Å². The summed E-state index contributed by atoms with van der Waals surface area (Å²) in [6, 6.07) is 13.6. The van der Waals surface area contributed by atoms with E-state index >= 15 is 0 Å². The first-order valence-corrected chi connectivity index (χ1v) is 10.3. The third-order valence-electron chi connectivity index (χ3n) is 4.61. The molecule has 0 fully saturated rings. The molecule has 0 aliphatic rings. The molecule has 2 aromatic carbocycles. The summed E-state index contributed by atoms with van der Waals surface area (Å²) >= 11 is 3.39. The van der Waals surface area contributed by atoms with E-state index in [2.05, 4.69) is 52.2 Å². The highest BCUT2D eigenvalue weighted by molar-refractivity contribution is 9.10. The second-order valence-electron chi connectivity index (χ2n) is 7.04. The lowest BCUT2D eigenvalue weighted by Crippen LogP contribution is -2.33. The van der Waals surface area contributed by atoms with E-state index in [1.54, 1.807) is 12.1 Å². The number of nitrogens with zero attached hydrogens (tertiary/aromatic N) is 1. The van der Waals surface area contributed by atoms with Crippen molar-refractivity contribution in [2.45, 2.75) is 40.3 Å². The average molecular weight is 446 g/mol. The number of benzene rings is 2. The molecule has 0 aliphatic carbocycles. The number of halogens is 1. The molecule has 0 radical (unpaired) electrons. The molecule has 0 unspecified atom stereocenters. The van der Waals surface area contributed by atoms with Crippen LogP contribution in [0.15, 0.2) is 46.9 Å². The predicted octanol–water partition coefficient (Wildman–Crippen LogP) is 4.36. The molecule has 2 N–H and O–H groups in total. The number of amides is 2. The van der Waals surface area contributed by atoms with Crippen LogP contribution in [0.5, 0.6) is 0 Å². The third kappa shape index (κ3) is 6.46. The Labute approximate surface area is 175 Å². The van der Waals surface area contributed by atoms with E-state index in [0.29, 0.717) is 11.6 Å². The van der Waals surface area contributed by atoms with Gasteiger partial charge in [0.1, 0.15) is 0 Å². The molecule has 0 saturated heterocycles. The highest BCUT2D eigenvalue weighted by Gasteiger charge is 2.11. The number of rotatable bonds is 8. The predicted molar refractivity (Wildman–Crippen MR) is 118 cm³/mol. The minimum Gasteiger partial charge on any atom is -0.343 e. The van der Waals surface area contributed by atoms with Crippen LogP contribution < -0.4 is 10.6 Å². The smallest absolute Gasteiger partial charge is 0.251 e. The van der Waals surface area contributed by atoms with Crippen LogP contribution >= 0.6 is 15.9 Å². The van der Waals surface area contributed by atoms with Gasteiger partial charge < -0.3 is 10.6 Å². The van der Waals surface area contributed by atoms with Crippen molar-refractivity contribution in [3.63, 3.8) is 0 Å². The quantitative estimate of drug-likeness (QED) is 0.634. The molecule has 0 aliphatic heterocycles. The van der Waals surface area contributed by atoms with Gasteiger partial charge in [0.05, 0.1) is 6.54 Å². The molecule has 0 atom stereocenters. The maximum absolute atomic E-state index is 12.3. The number of anilines is 1. The highest BCUT2D eigenvalue weighted by atomic mass is 79.9. The first-order valence-electron chi connectivity index (χ1n) is 9.47. The Morgan fingerprint density at radius 2 is 1.79 bits per heavy atom. The van der Waals surface area contributed by atoms with E-state index in [-0.39, 0.29) is 18.4 Å². The second-order valence-corrected chi connectivity index (χ2v) is 7.96. The number of carbonyl (C=O) groups excluding carboxylic acids is 2. The van der Waals surface area contributed by atoms with Gasteiger partial charge in [-0.2, -0.15) is 0 Å². The molecule has 2 rings (SSSR count). The SMILES string of the molecule is CCN(Cc1ccc(C(=O)NCC(=O)Nc2ccc(Br)cc2C)cc1)C(C)C. The van der Waals surface area contributed by atoms with Crippen molar-refractivity contribution < 1.29 is 9.59 Å². The molecule has 0 heterocycles. The molecule has 6 heteroatoms. The third-order valence-corrected chi connectivity index (χ3v) is 5.10. The number of aryl methyl sites for hydroxylation is 1. The Morgan fingerprint density at radius 1 is 1.11 bits per heavy atom. The van der Waals surface area contributed by atoms with E-state index < -0.39 is 0 Å². The fourth-order valence-corrected chi connectivity index (χ4v) is 3.36. The van der Waals surface area contributed by atoms with E-state index in [1.807, 2.05) is 37.3 Å². The van der Waals surface area contributed by atoms with Gasteiger partial charge in [0, 0.05) is 28.3 Å². The maximum Gasteiger partial charge on any atom is 0.251 e. The van der Waals surface area contributed by atoms with Gasteiger partial charge in [-0.1, -0.05) is 35.0 Å². The molecule has 5 nitrogen and oxygen atoms in total. The summed E-state index contributed by atoms with van der Waals surface area (Å²) in [6.07, 6.45) is 0. The van der Waals surface area contributed by atoms with E-state index in [9.17, 15) is 9.59 Å². The van der Waals surface area contributed by atoms with Crippen molar-refractivity contribution in [1.82, 2.24) is 10.2 Å². The molecule has 0 saturated carbocycles. The lowest BCUT2D eigenvalue weighted by molar-refractivity contribution is -0.115. The molecular weight excluding hydrogens is 418 g/mol. The molecular formula is C22H28BrN3O2.